The van der Waals surface area contributed by atoms with Gasteiger partial charge in [0.1, 0.15) is 5.76 Å². The van der Waals surface area contributed by atoms with Crippen LogP contribution >= 0.6 is 0 Å². The van der Waals surface area contributed by atoms with Crippen LogP contribution < -0.4 is 5.32 Å². The van der Waals surface area contributed by atoms with Crippen LogP contribution in [0.5, 0.6) is 0 Å². The molecule has 0 aliphatic heterocycles. The van der Waals surface area contributed by atoms with Crippen LogP contribution in [-0.4, -0.2) is 9.78 Å². The van der Waals surface area contributed by atoms with Crippen molar-refractivity contribution in [3.63, 3.8) is 0 Å². The molecular weight excluding hydrogens is 238 g/mol. The minimum Gasteiger partial charge on any atom is -0.467 e. The van der Waals surface area contributed by atoms with Gasteiger partial charge in [-0.15, -0.1) is 0 Å². The molecule has 96 valence electrons. The van der Waals surface area contributed by atoms with Crippen LogP contribution in [0, 0.1) is 0 Å². The lowest BCUT2D eigenvalue weighted by atomic mass is 10.2. The van der Waals surface area contributed by atoms with Crippen LogP contribution in [0.15, 0.2) is 65.5 Å². The Hall–Kier alpha value is -2.49. The van der Waals surface area contributed by atoms with Crippen molar-refractivity contribution in [2.24, 2.45) is 0 Å². The topological polar surface area (TPSA) is 43.0 Å². The molecule has 4 nitrogen and oxygen atoms in total. The van der Waals surface area contributed by atoms with Crippen LogP contribution in [0.1, 0.15) is 18.7 Å². The van der Waals surface area contributed by atoms with E-state index in [4.69, 9.17) is 4.42 Å². The molecule has 3 aromatic rings. The summed E-state index contributed by atoms with van der Waals surface area (Å²) >= 11 is 0. The predicted molar refractivity (Wildman–Crippen MR) is 74.3 cm³/mol. The first kappa shape index (κ1) is 11.6. The first-order valence-electron chi connectivity index (χ1n) is 6.23. The lowest BCUT2D eigenvalue weighted by molar-refractivity contribution is 0.490. The molecule has 0 aliphatic rings. The Morgan fingerprint density at radius 1 is 1.16 bits per heavy atom. The zero-order valence-corrected chi connectivity index (χ0v) is 10.7. The van der Waals surface area contributed by atoms with E-state index in [0.29, 0.717) is 0 Å². The van der Waals surface area contributed by atoms with Gasteiger partial charge in [-0.25, -0.2) is 4.68 Å². The third-order valence-electron chi connectivity index (χ3n) is 2.99. The molecule has 4 heteroatoms. The van der Waals surface area contributed by atoms with Gasteiger partial charge in [0.2, 0.25) is 0 Å². The summed E-state index contributed by atoms with van der Waals surface area (Å²) in [5, 5.41) is 7.59. The van der Waals surface area contributed by atoms with Gasteiger partial charge in [0.15, 0.2) is 0 Å². The van der Waals surface area contributed by atoms with Gasteiger partial charge >= 0.3 is 0 Å². The second kappa shape index (κ2) is 5.02. The van der Waals surface area contributed by atoms with Crippen molar-refractivity contribution in [2.75, 3.05) is 5.32 Å². The highest BCUT2D eigenvalue weighted by Crippen LogP contribution is 2.20. The van der Waals surface area contributed by atoms with Crippen molar-refractivity contribution in [3.8, 4) is 5.69 Å². The monoisotopic (exact) mass is 253 g/mol. The van der Waals surface area contributed by atoms with Gasteiger partial charge in [0.25, 0.3) is 0 Å². The van der Waals surface area contributed by atoms with E-state index in [2.05, 4.69) is 17.3 Å². The number of furan rings is 1. The summed E-state index contributed by atoms with van der Waals surface area (Å²) in [5.74, 6) is 0.927. The average molecular weight is 253 g/mol. The highest BCUT2D eigenvalue weighted by molar-refractivity contribution is 5.49. The fourth-order valence-electron chi connectivity index (χ4n) is 1.99. The van der Waals surface area contributed by atoms with E-state index in [-0.39, 0.29) is 6.04 Å². The fraction of sp³-hybridized carbons (Fsp3) is 0.133. The standard InChI is InChI=1S/C15H15N3O/c1-12(15-4-2-11-19-15)17-13-5-7-14(8-6-13)18-10-3-9-16-18/h2-12,17H,1H3. The number of nitrogens with zero attached hydrogens (tertiary/aromatic N) is 2. The van der Waals surface area contributed by atoms with Gasteiger partial charge in [-0.05, 0) is 49.4 Å². The number of anilines is 1. The van der Waals surface area contributed by atoms with Crippen molar-refractivity contribution in [1.82, 2.24) is 9.78 Å². The van der Waals surface area contributed by atoms with Crippen molar-refractivity contribution < 1.29 is 4.42 Å². The Morgan fingerprint density at radius 2 is 2.00 bits per heavy atom. The van der Waals surface area contributed by atoms with E-state index in [1.807, 2.05) is 53.3 Å². The lowest BCUT2D eigenvalue weighted by Crippen LogP contribution is -2.05. The van der Waals surface area contributed by atoms with Crippen LogP contribution in [-0.2, 0) is 0 Å². The average Bonchev–Trinajstić information content (AvgIpc) is 3.13. The van der Waals surface area contributed by atoms with Crippen molar-refractivity contribution in [1.29, 1.82) is 0 Å². The van der Waals surface area contributed by atoms with Crippen molar-refractivity contribution >= 4 is 5.69 Å². The maximum Gasteiger partial charge on any atom is 0.125 e. The van der Waals surface area contributed by atoms with Crippen molar-refractivity contribution in [2.45, 2.75) is 13.0 Å². The number of rotatable bonds is 4. The number of nitrogens with one attached hydrogen (secondary N) is 1. The van der Waals surface area contributed by atoms with Crippen molar-refractivity contribution in [3.05, 3.63) is 66.9 Å². The first-order chi connectivity index (χ1) is 9.33. The van der Waals surface area contributed by atoms with Gasteiger partial charge in [0, 0.05) is 18.1 Å². The molecule has 1 aromatic carbocycles. The first-order valence-corrected chi connectivity index (χ1v) is 6.23. The summed E-state index contributed by atoms with van der Waals surface area (Å²) in [7, 11) is 0. The maximum atomic E-state index is 5.37. The molecule has 0 fully saturated rings. The summed E-state index contributed by atoms with van der Waals surface area (Å²) < 4.78 is 7.21. The van der Waals surface area contributed by atoms with Gasteiger partial charge < -0.3 is 9.73 Å². The van der Waals surface area contributed by atoms with Crippen LogP contribution in [0.25, 0.3) is 5.69 Å². The largest absolute Gasteiger partial charge is 0.467 e. The van der Waals surface area contributed by atoms with Gasteiger partial charge in [-0.3, -0.25) is 0 Å². The molecule has 0 radical (unpaired) electrons. The number of hydrogen-bond acceptors (Lipinski definition) is 3. The highest BCUT2D eigenvalue weighted by Gasteiger charge is 2.07. The predicted octanol–water partition coefficient (Wildman–Crippen LogP) is 3.64. The van der Waals surface area contributed by atoms with E-state index >= 15 is 0 Å². The second-order valence-corrected chi connectivity index (χ2v) is 4.38. The van der Waals surface area contributed by atoms with E-state index in [1.54, 1.807) is 12.5 Å². The molecule has 1 N–H and O–H groups in total. The Kier molecular flexibility index (Phi) is 3.06. The zero-order valence-electron chi connectivity index (χ0n) is 10.7. The molecule has 3 rings (SSSR count). The molecule has 1 atom stereocenters. The quantitative estimate of drug-likeness (QED) is 0.772. The third-order valence-corrected chi connectivity index (χ3v) is 2.99. The van der Waals surface area contributed by atoms with Gasteiger partial charge in [-0.2, -0.15) is 5.10 Å². The van der Waals surface area contributed by atoms with Crippen LogP contribution in [0.2, 0.25) is 0 Å². The number of hydrogen-bond donors (Lipinski definition) is 1. The zero-order chi connectivity index (χ0) is 13.1. The third kappa shape index (κ3) is 2.52. The Morgan fingerprint density at radius 3 is 2.63 bits per heavy atom. The minimum atomic E-state index is 0.144. The minimum absolute atomic E-state index is 0.144. The number of benzene rings is 1. The fourth-order valence-corrected chi connectivity index (χ4v) is 1.99. The SMILES string of the molecule is CC(Nc1ccc(-n2cccn2)cc1)c1ccco1. The number of aromatic nitrogens is 2. The Labute approximate surface area is 111 Å². The molecular formula is C15H15N3O. The van der Waals surface area contributed by atoms with E-state index in [9.17, 15) is 0 Å². The molecule has 0 spiro atoms. The molecule has 0 bridgehead atoms. The molecule has 19 heavy (non-hydrogen) atoms. The van der Waals surface area contributed by atoms with E-state index in [0.717, 1.165) is 17.1 Å². The lowest BCUT2D eigenvalue weighted by Gasteiger charge is -2.13. The molecule has 2 heterocycles. The van der Waals surface area contributed by atoms with E-state index < -0.39 is 0 Å². The van der Waals surface area contributed by atoms with Crippen LogP contribution in [0.3, 0.4) is 0 Å². The molecule has 0 aliphatic carbocycles. The Bertz CT molecular complexity index is 612. The molecule has 2 aromatic heterocycles. The molecule has 0 saturated heterocycles. The molecule has 0 saturated carbocycles. The summed E-state index contributed by atoms with van der Waals surface area (Å²) in [5.41, 5.74) is 2.10. The molecule has 1 unspecified atom stereocenters. The van der Waals surface area contributed by atoms with E-state index in [1.165, 1.54) is 0 Å². The summed E-state index contributed by atoms with van der Waals surface area (Å²) in [4.78, 5) is 0. The normalized spacial score (nSPS) is 12.3. The Balaban J connectivity index is 1.73. The molecule has 0 amide bonds. The van der Waals surface area contributed by atoms with Crippen LogP contribution in [0.4, 0.5) is 5.69 Å². The summed E-state index contributed by atoms with van der Waals surface area (Å²) in [6, 6.07) is 14.1. The van der Waals surface area contributed by atoms with Gasteiger partial charge in [-0.1, -0.05) is 0 Å². The smallest absolute Gasteiger partial charge is 0.125 e. The summed E-state index contributed by atoms with van der Waals surface area (Å²) in [6.45, 7) is 2.07. The second-order valence-electron chi connectivity index (χ2n) is 4.38. The maximum absolute atomic E-state index is 5.37. The van der Waals surface area contributed by atoms with Gasteiger partial charge in [0.05, 0.1) is 18.0 Å². The summed E-state index contributed by atoms with van der Waals surface area (Å²) in [6.07, 6.45) is 5.38. The highest BCUT2D eigenvalue weighted by atomic mass is 16.3.